The zero-order valence-corrected chi connectivity index (χ0v) is 11.2. The van der Waals surface area contributed by atoms with Gasteiger partial charge in [-0.2, -0.15) is 5.26 Å². The van der Waals surface area contributed by atoms with E-state index >= 15 is 0 Å². The van der Waals surface area contributed by atoms with Gasteiger partial charge in [-0.3, -0.25) is 0 Å². The van der Waals surface area contributed by atoms with Crippen molar-refractivity contribution < 1.29 is 9.84 Å². The van der Waals surface area contributed by atoms with E-state index in [0.29, 0.717) is 23.9 Å². The summed E-state index contributed by atoms with van der Waals surface area (Å²) in [6.07, 6.45) is 3.25. The predicted octanol–water partition coefficient (Wildman–Crippen LogP) is 1.78. The van der Waals surface area contributed by atoms with E-state index in [0.717, 1.165) is 0 Å². The van der Waals surface area contributed by atoms with Crippen LogP contribution in [0.3, 0.4) is 0 Å². The molecule has 0 saturated heterocycles. The van der Waals surface area contributed by atoms with E-state index in [1.807, 2.05) is 7.05 Å². The monoisotopic (exact) mass is 260 g/mol. The zero-order valence-electron chi connectivity index (χ0n) is 11.2. The van der Waals surface area contributed by atoms with Crippen molar-refractivity contribution in [1.82, 2.24) is 4.90 Å². The number of likely N-dealkylation sites (N-methyl/N-ethyl adjacent to an activating group) is 1. The summed E-state index contributed by atoms with van der Waals surface area (Å²) in [7, 11) is 2.04. The van der Waals surface area contributed by atoms with E-state index in [1.165, 1.54) is 19.3 Å². The Morgan fingerprint density at radius 2 is 2.32 bits per heavy atom. The van der Waals surface area contributed by atoms with Gasteiger partial charge in [-0.15, -0.1) is 0 Å². The van der Waals surface area contributed by atoms with Crippen LogP contribution >= 0.6 is 0 Å². The molecule has 1 aromatic carbocycles. The van der Waals surface area contributed by atoms with Gasteiger partial charge < -0.3 is 14.7 Å². The smallest absolute Gasteiger partial charge is 0.120 e. The number of ether oxygens (including phenoxy) is 1. The van der Waals surface area contributed by atoms with Crippen LogP contribution in [0.4, 0.5) is 0 Å². The maximum absolute atomic E-state index is 9.94. The average molecular weight is 260 g/mol. The van der Waals surface area contributed by atoms with Crippen LogP contribution in [0.5, 0.6) is 5.75 Å². The molecular formula is C15H20N2O2. The molecule has 0 spiro atoms. The van der Waals surface area contributed by atoms with Gasteiger partial charge in [-0.1, -0.05) is 12.5 Å². The molecule has 0 radical (unpaired) electrons. The highest BCUT2D eigenvalue weighted by molar-refractivity contribution is 5.36. The van der Waals surface area contributed by atoms with Gasteiger partial charge in [-0.25, -0.2) is 0 Å². The minimum Gasteiger partial charge on any atom is -0.491 e. The highest BCUT2D eigenvalue weighted by Crippen LogP contribution is 2.23. The second-order valence-corrected chi connectivity index (χ2v) is 5.13. The molecule has 1 unspecified atom stereocenters. The Morgan fingerprint density at radius 1 is 1.53 bits per heavy atom. The Kier molecular flexibility index (Phi) is 4.78. The summed E-state index contributed by atoms with van der Waals surface area (Å²) in [6.45, 7) is 0.883. The lowest BCUT2D eigenvalue weighted by Gasteiger charge is -2.35. The molecule has 4 nitrogen and oxygen atoms in total. The molecule has 2 rings (SSSR count). The molecule has 1 aliphatic rings. The quantitative estimate of drug-likeness (QED) is 0.847. The van der Waals surface area contributed by atoms with Crippen molar-refractivity contribution in [3.63, 3.8) is 0 Å². The fourth-order valence-corrected chi connectivity index (χ4v) is 2.21. The normalized spacial score (nSPS) is 16.7. The first-order valence-corrected chi connectivity index (χ1v) is 6.70. The van der Waals surface area contributed by atoms with E-state index in [2.05, 4.69) is 11.0 Å². The summed E-state index contributed by atoms with van der Waals surface area (Å²) in [5.74, 6) is 0.629. The summed E-state index contributed by atoms with van der Waals surface area (Å²) in [4.78, 5) is 2.20. The van der Waals surface area contributed by atoms with Crippen LogP contribution in [0.15, 0.2) is 24.3 Å². The second-order valence-electron chi connectivity index (χ2n) is 5.13. The average Bonchev–Trinajstić information content (AvgIpc) is 2.34. The first kappa shape index (κ1) is 13.9. The Balaban J connectivity index is 1.76. The molecule has 0 aromatic heterocycles. The van der Waals surface area contributed by atoms with Gasteiger partial charge in [0.25, 0.3) is 0 Å². The van der Waals surface area contributed by atoms with Crippen LogP contribution in [-0.4, -0.2) is 42.4 Å². The molecule has 0 amide bonds. The van der Waals surface area contributed by atoms with Crippen molar-refractivity contribution in [3.8, 4) is 11.8 Å². The van der Waals surface area contributed by atoms with Crippen molar-refractivity contribution in [2.75, 3.05) is 20.2 Å². The third-order valence-corrected chi connectivity index (χ3v) is 3.60. The van der Waals surface area contributed by atoms with E-state index in [-0.39, 0.29) is 6.61 Å². The van der Waals surface area contributed by atoms with Gasteiger partial charge in [0.15, 0.2) is 0 Å². The Bertz CT molecular complexity index is 452. The summed E-state index contributed by atoms with van der Waals surface area (Å²) in [5, 5.41) is 18.7. The molecule has 1 fully saturated rings. The van der Waals surface area contributed by atoms with E-state index < -0.39 is 6.10 Å². The minimum atomic E-state index is -0.503. The Hall–Kier alpha value is -1.57. The van der Waals surface area contributed by atoms with Crippen LogP contribution in [0.1, 0.15) is 24.8 Å². The van der Waals surface area contributed by atoms with Crippen LogP contribution < -0.4 is 4.74 Å². The Morgan fingerprint density at radius 3 is 2.95 bits per heavy atom. The number of nitrogens with zero attached hydrogens (tertiary/aromatic N) is 2. The molecule has 0 aliphatic heterocycles. The summed E-state index contributed by atoms with van der Waals surface area (Å²) in [6, 6.07) is 9.67. The maximum atomic E-state index is 9.94. The third kappa shape index (κ3) is 3.95. The van der Waals surface area contributed by atoms with Crippen LogP contribution in [0, 0.1) is 11.3 Å². The molecular weight excluding hydrogens is 240 g/mol. The van der Waals surface area contributed by atoms with Crippen molar-refractivity contribution >= 4 is 0 Å². The summed E-state index contributed by atoms with van der Waals surface area (Å²) < 4.78 is 5.51. The molecule has 0 bridgehead atoms. The molecule has 102 valence electrons. The number of aliphatic hydroxyl groups is 1. The van der Waals surface area contributed by atoms with E-state index in [9.17, 15) is 5.11 Å². The zero-order chi connectivity index (χ0) is 13.7. The maximum Gasteiger partial charge on any atom is 0.120 e. The van der Waals surface area contributed by atoms with Gasteiger partial charge in [0.1, 0.15) is 18.5 Å². The van der Waals surface area contributed by atoms with Crippen molar-refractivity contribution in [3.05, 3.63) is 29.8 Å². The van der Waals surface area contributed by atoms with Crippen molar-refractivity contribution in [1.29, 1.82) is 5.26 Å². The molecule has 19 heavy (non-hydrogen) atoms. The first-order chi connectivity index (χ1) is 9.19. The van der Waals surface area contributed by atoms with Gasteiger partial charge in [-0.05, 0) is 38.1 Å². The van der Waals surface area contributed by atoms with Gasteiger partial charge in [0, 0.05) is 12.6 Å². The van der Waals surface area contributed by atoms with Crippen LogP contribution in [0.25, 0.3) is 0 Å². The number of rotatable bonds is 6. The highest BCUT2D eigenvalue weighted by atomic mass is 16.5. The lowest BCUT2D eigenvalue weighted by atomic mass is 9.92. The van der Waals surface area contributed by atoms with E-state index in [4.69, 9.17) is 10.00 Å². The first-order valence-electron chi connectivity index (χ1n) is 6.70. The van der Waals surface area contributed by atoms with Crippen LogP contribution in [-0.2, 0) is 0 Å². The molecule has 1 saturated carbocycles. The van der Waals surface area contributed by atoms with Crippen molar-refractivity contribution in [2.24, 2.45) is 0 Å². The van der Waals surface area contributed by atoms with Gasteiger partial charge in [0.05, 0.1) is 11.6 Å². The summed E-state index contributed by atoms with van der Waals surface area (Å²) >= 11 is 0. The number of benzene rings is 1. The lowest BCUT2D eigenvalue weighted by molar-refractivity contribution is 0.0476. The predicted molar refractivity (Wildman–Crippen MR) is 72.9 cm³/mol. The lowest BCUT2D eigenvalue weighted by Crippen LogP contribution is -2.42. The molecule has 1 aliphatic carbocycles. The van der Waals surface area contributed by atoms with Crippen molar-refractivity contribution in [2.45, 2.75) is 31.4 Å². The fourth-order valence-electron chi connectivity index (χ4n) is 2.21. The van der Waals surface area contributed by atoms with Gasteiger partial charge >= 0.3 is 0 Å². The number of aliphatic hydroxyl groups excluding tert-OH is 1. The largest absolute Gasteiger partial charge is 0.491 e. The molecule has 1 aromatic rings. The third-order valence-electron chi connectivity index (χ3n) is 3.60. The topological polar surface area (TPSA) is 56.5 Å². The van der Waals surface area contributed by atoms with Gasteiger partial charge in [0.2, 0.25) is 0 Å². The summed E-state index contributed by atoms with van der Waals surface area (Å²) in [5.41, 5.74) is 0.568. The number of hydrogen-bond donors (Lipinski definition) is 1. The number of hydrogen-bond acceptors (Lipinski definition) is 4. The Labute approximate surface area is 114 Å². The molecule has 1 atom stereocenters. The molecule has 0 heterocycles. The number of nitriles is 1. The highest BCUT2D eigenvalue weighted by Gasteiger charge is 2.23. The SMILES string of the molecule is CN(CC(O)COc1cccc(C#N)c1)C1CCC1. The minimum absolute atomic E-state index is 0.256. The van der Waals surface area contributed by atoms with E-state index in [1.54, 1.807) is 24.3 Å². The second kappa shape index (κ2) is 6.55. The molecule has 1 N–H and O–H groups in total. The fraction of sp³-hybridized carbons (Fsp3) is 0.533. The van der Waals surface area contributed by atoms with Crippen LogP contribution in [0.2, 0.25) is 0 Å². The standard InChI is InChI=1S/C15H20N2O2/c1-17(13-5-3-6-13)10-14(18)11-19-15-7-2-4-12(8-15)9-16/h2,4,7-8,13-14,18H,3,5-6,10-11H2,1H3. The molecule has 4 heteroatoms.